The lowest BCUT2D eigenvalue weighted by Gasteiger charge is -2.16. The van der Waals surface area contributed by atoms with Gasteiger partial charge in [0.15, 0.2) is 0 Å². The van der Waals surface area contributed by atoms with Crippen LogP contribution in [0.25, 0.3) is 0 Å². The van der Waals surface area contributed by atoms with Gasteiger partial charge in [-0.2, -0.15) is 13.2 Å². The summed E-state index contributed by atoms with van der Waals surface area (Å²) >= 11 is 0. The lowest BCUT2D eigenvalue weighted by molar-refractivity contribution is -0.147. The number of esters is 1. The highest BCUT2D eigenvalue weighted by Crippen LogP contribution is 2.32. The fourth-order valence-electron chi connectivity index (χ4n) is 2.29. The van der Waals surface area contributed by atoms with Crippen molar-refractivity contribution in [3.05, 3.63) is 65.2 Å². The van der Waals surface area contributed by atoms with Crippen LogP contribution in [0.4, 0.5) is 13.2 Å². The number of methoxy groups -OCH3 is 1. The van der Waals surface area contributed by atoms with Crippen molar-refractivity contribution in [1.29, 1.82) is 0 Å². The summed E-state index contributed by atoms with van der Waals surface area (Å²) in [7, 11) is 1.38. The van der Waals surface area contributed by atoms with E-state index in [1.807, 2.05) is 30.3 Å². The van der Waals surface area contributed by atoms with Crippen LogP contribution in [0.2, 0.25) is 0 Å². The van der Waals surface area contributed by atoms with Crippen LogP contribution in [0.15, 0.2) is 48.5 Å². The lowest BCUT2D eigenvalue weighted by atomic mass is 10.1. The molecule has 4 nitrogen and oxygen atoms in total. The van der Waals surface area contributed by atoms with E-state index < -0.39 is 23.8 Å². The third kappa shape index (κ3) is 5.49. The van der Waals surface area contributed by atoms with Gasteiger partial charge in [0.2, 0.25) is 0 Å². The number of alkyl halides is 3. The summed E-state index contributed by atoms with van der Waals surface area (Å²) in [6, 6.07) is 11.7. The Morgan fingerprint density at radius 2 is 1.85 bits per heavy atom. The normalized spacial score (nSPS) is 12.5. The highest BCUT2D eigenvalue weighted by molar-refractivity contribution is 5.75. The third-order valence-corrected chi connectivity index (χ3v) is 3.78. The molecule has 0 aromatic heterocycles. The Morgan fingerprint density at radius 3 is 2.46 bits per heavy atom. The molecule has 2 aromatic rings. The molecule has 0 amide bonds. The lowest BCUT2D eigenvalue weighted by Crippen LogP contribution is -2.35. The van der Waals surface area contributed by atoms with Crippen LogP contribution in [0, 0.1) is 0 Å². The van der Waals surface area contributed by atoms with Gasteiger partial charge in [-0.25, -0.2) is 0 Å². The maximum absolute atomic E-state index is 12.9. The van der Waals surface area contributed by atoms with Crippen LogP contribution >= 0.6 is 0 Å². The fourth-order valence-corrected chi connectivity index (χ4v) is 2.29. The summed E-state index contributed by atoms with van der Waals surface area (Å²) in [5, 5.41) is 2.87. The van der Waals surface area contributed by atoms with Crippen LogP contribution in [-0.4, -0.2) is 19.1 Å². The Balaban J connectivity index is 1.95. The molecule has 1 unspecified atom stereocenters. The number of carbonyl (C=O) groups excluding carboxylic acids is 1. The predicted molar refractivity (Wildman–Crippen MR) is 90.5 cm³/mol. The number of rotatable bonds is 7. The van der Waals surface area contributed by atoms with E-state index in [0.717, 1.165) is 17.7 Å². The third-order valence-electron chi connectivity index (χ3n) is 3.78. The average molecular weight is 367 g/mol. The molecule has 2 rings (SSSR count). The SMILES string of the molecule is COc1ccc(C(F)(F)F)cc1CNC(C)C(=O)OCc1ccccc1. The predicted octanol–water partition coefficient (Wildman–Crippen LogP) is 3.94. The summed E-state index contributed by atoms with van der Waals surface area (Å²) in [6.07, 6.45) is -4.44. The average Bonchev–Trinajstić information content (AvgIpc) is 2.63. The molecule has 0 saturated carbocycles. The van der Waals surface area contributed by atoms with Crippen LogP contribution in [0.5, 0.6) is 5.75 Å². The molecule has 0 bridgehead atoms. The number of ether oxygens (including phenoxy) is 2. The molecular formula is C19H20F3NO3. The van der Waals surface area contributed by atoms with Crippen molar-refractivity contribution in [3.8, 4) is 5.75 Å². The Kier molecular flexibility index (Phi) is 6.63. The fraction of sp³-hybridized carbons (Fsp3) is 0.316. The summed E-state index contributed by atoms with van der Waals surface area (Å²) in [4.78, 5) is 12.0. The Hall–Kier alpha value is -2.54. The minimum Gasteiger partial charge on any atom is -0.496 e. The zero-order valence-electron chi connectivity index (χ0n) is 14.5. The molecule has 0 saturated heterocycles. The van der Waals surface area contributed by atoms with E-state index in [0.29, 0.717) is 11.3 Å². The van der Waals surface area contributed by atoms with Gasteiger partial charge in [-0.15, -0.1) is 0 Å². The second kappa shape index (κ2) is 8.71. The van der Waals surface area contributed by atoms with Gasteiger partial charge in [0.1, 0.15) is 18.4 Å². The molecule has 140 valence electrons. The van der Waals surface area contributed by atoms with Gasteiger partial charge < -0.3 is 14.8 Å². The van der Waals surface area contributed by atoms with Crippen LogP contribution in [0.1, 0.15) is 23.6 Å². The van der Waals surface area contributed by atoms with Gasteiger partial charge in [-0.05, 0) is 30.7 Å². The van der Waals surface area contributed by atoms with Gasteiger partial charge in [-0.1, -0.05) is 30.3 Å². The van der Waals surface area contributed by atoms with Gasteiger partial charge in [0, 0.05) is 12.1 Å². The number of carbonyl (C=O) groups is 1. The molecule has 0 radical (unpaired) electrons. The summed E-state index contributed by atoms with van der Waals surface area (Å²) < 4.78 is 48.9. The van der Waals surface area contributed by atoms with Crippen molar-refractivity contribution >= 4 is 5.97 Å². The van der Waals surface area contributed by atoms with E-state index in [1.54, 1.807) is 6.92 Å². The van der Waals surface area contributed by atoms with E-state index in [-0.39, 0.29) is 13.2 Å². The maximum atomic E-state index is 12.9. The van der Waals surface area contributed by atoms with Crippen molar-refractivity contribution in [1.82, 2.24) is 5.32 Å². The Labute approximate surface area is 149 Å². The first-order valence-corrected chi connectivity index (χ1v) is 7.99. The monoisotopic (exact) mass is 367 g/mol. The first kappa shape index (κ1) is 19.8. The second-order valence-electron chi connectivity index (χ2n) is 5.72. The maximum Gasteiger partial charge on any atom is 0.416 e. The molecule has 0 aliphatic rings. The minimum absolute atomic E-state index is 0.0364. The number of nitrogens with one attached hydrogen (secondary N) is 1. The summed E-state index contributed by atoms with van der Waals surface area (Å²) in [5.74, 6) is -0.171. The molecule has 7 heteroatoms. The molecule has 0 fully saturated rings. The quantitative estimate of drug-likeness (QED) is 0.753. The van der Waals surface area contributed by atoms with Crippen LogP contribution < -0.4 is 10.1 Å². The summed E-state index contributed by atoms with van der Waals surface area (Å²) in [5.41, 5.74) is 0.395. The zero-order valence-corrected chi connectivity index (χ0v) is 14.5. The van der Waals surface area contributed by atoms with E-state index in [2.05, 4.69) is 5.32 Å². The highest BCUT2D eigenvalue weighted by atomic mass is 19.4. The van der Waals surface area contributed by atoms with Crippen molar-refractivity contribution in [2.75, 3.05) is 7.11 Å². The first-order chi connectivity index (χ1) is 12.3. The molecular weight excluding hydrogens is 347 g/mol. The van der Waals surface area contributed by atoms with Crippen molar-refractivity contribution < 1.29 is 27.4 Å². The number of hydrogen-bond donors (Lipinski definition) is 1. The van der Waals surface area contributed by atoms with Crippen LogP contribution in [-0.2, 0) is 28.9 Å². The van der Waals surface area contributed by atoms with Gasteiger partial charge >= 0.3 is 12.1 Å². The number of halogens is 3. The molecule has 0 heterocycles. The molecule has 0 spiro atoms. The molecule has 0 aliphatic carbocycles. The first-order valence-electron chi connectivity index (χ1n) is 7.99. The Bertz CT molecular complexity index is 733. The number of benzene rings is 2. The molecule has 1 atom stereocenters. The standard InChI is InChI=1S/C19H20F3NO3/c1-13(18(24)26-12-14-6-4-3-5-7-14)23-11-15-10-16(19(20,21)22)8-9-17(15)25-2/h3-10,13,23H,11-12H2,1-2H3. The largest absolute Gasteiger partial charge is 0.496 e. The van der Waals surface area contributed by atoms with Crippen LogP contribution in [0.3, 0.4) is 0 Å². The highest BCUT2D eigenvalue weighted by Gasteiger charge is 2.31. The van der Waals surface area contributed by atoms with E-state index >= 15 is 0 Å². The van der Waals surface area contributed by atoms with E-state index in [9.17, 15) is 18.0 Å². The number of hydrogen-bond acceptors (Lipinski definition) is 4. The molecule has 1 N–H and O–H groups in total. The molecule has 26 heavy (non-hydrogen) atoms. The molecule has 2 aromatic carbocycles. The van der Waals surface area contributed by atoms with Crippen molar-refractivity contribution in [2.24, 2.45) is 0 Å². The van der Waals surface area contributed by atoms with E-state index in [4.69, 9.17) is 9.47 Å². The molecule has 0 aliphatic heterocycles. The van der Waals surface area contributed by atoms with Crippen molar-refractivity contribution in [3.63, 3.8) is 0 Å². The zero-order chi connectivity index (χ0) is 19.2. The smallest absolute Gasteiger partial charge is 0.416 e. The van der Waals surface area contributed by atoms with Gasteiger partial charge in [0.05, 0.1) is 12.7 Å². The van der Waals surface area contributed by atoms with Gasteiger partial charge in [-0.3, -0.25) is 4.79 Å². The van der Waals surface area contributed by atoms with Gasteiger partial charge in [0.25, 0.3) is 0 Å². The second-order valence-corrected chi connectivity index (χ2v) is 5.72. The van der Waals surface area contributed by atoms with E-state index in [1.165, 1.54) is 13.2 Å². The summed E-state index contributed by atoms with van der Waals surface area (Å²) in [6.45, 7) is 1.76. The Morgan fingerprint density at radius 1 is 1.15 bits per heavy atom. The topological polar surface area (TPSA) is 47.6 Å². The minimum atomic E-state index is -4.44. The van der Waals surface area contributed by atoms with Crippen molar-refractivity contribution in [2.45, 2.75) is 32.3 Å².